The Labute approximate surface area is 148 Å². The number of hydrogen-bond donors (Lipinski definition) is 2. The molecule has 0 aliphatic carbocycles. The first kappa shape index (κ1) is 18.0. The van der Waals surface area contributed by atoms with E-state index in [1.165, 1.54) is 12.1 Å². The largest absolute Gasteiger partial charge is 0.378 e. The fraction of sp³-hybridized carbons (Fsp3) is 0.188. The second kappa shape index (κ2) is 8.52. The summed E-state index contributed by atoms with van der Waals surface area (Å²) in [5.74, 6) is -0.221. The third kappa shape index (κ3) is 4.84. The highest BCUT2D eigenvalue weighted by Gasteiger charge is 2.15. The Morgan fingerprint density at radius 1 is 1.12 bits per heavy atom. The number of carbonyl (C=O) groups excluding carboxylic acids is 1. The summed E-state index contributed by atoms with van der Waals surface area (Å²) in [6.07, 6.45) is 0.578. The topological polar surface area (TPSA) is 84.3 Å². The minimum absolute atomic E-state index is 0.0783. The van der Waals surface area contributed by atoms with E-state index in [2.05, 4.69) is 10.6 Å². The SMILES string of the molecule is O=C(NCCCNc1c(Cl)cccc1[N+](=O)[O-])c1cccc(Cl)c1. The quantitative estimate of drug-likeness (QED) is 0.437. The molecule has 24 heavy (non-hydrogen) atoms. The van der Waals surface area contributed by atoms with Crippen LogP contribution < -0.4 is 10.6 Å². The molecule has 0 aromatic heterocycles. The highest BCUT2D eigenvalue weighted by molar-refractivity contribution is 6.33. The van der Waals surface area contributed by atoms with Gasteiger partial charge in [0, 0.05) is 29.7 Å². The van der Waals surface area contributed by atoms with Crippen molar-refractivity contribution >= 4 is 40.5 Å². The van der Waals surface area contributed by atoms with Gasteiger partial charge in [-0.25, -0.2) is 0 Å². The molecule has 2 aromatic carbocycles. The van der Waals surface area contributed by atoms with Gasteiger partial charge in [0.05, 0.1) is 9.95 Å². The summed E-state index contributed by atoms with van der Waals surface area (Å²) in [6, 6.07) is 11.1. The van der Waals surface area contributed by atoms with E-state index in [1.54, 1.807) is 30.3 Å². The first-order valence-electron chi connectivity index (χ1n) is 7.19. The van der Waals surface area contributed by atoms with Crippen LogP contribution in [-0.4, -0.2) is 23.9 Å². The van der Waals surface area contributed by atoms with E-state index in [4.69, 9.17) is 23.2 Å². The van der Waals surface area contributed by atoms with Crippen LogP contribution >= 0.6 is 23.2 Å². The number of halogens is 2. The first-order valence-corrected chi connectivity index (χ1v) is 7.95. The summed E-state index contributed by atoms with van der Waals surface area (Å²) < 4.78 is 0. The predicted octanol–water partition coefficient (Wildman–Crippen LogP) is 4.13. The molecule has 0 spiro atoms. The van der Waals surface area contributed by atoms with Crippen LogP contribution in [0, 0.1) is 10.1 Å². The normalized spacial score (nSPS) is 10.2. The highest BCUT2D eigenvalue weighted by Crippen LogP contribution is 2.31. The monoisotopic (exact) mass is 367 g/mol. The van der Waals surface area contributed by atoms with Crippen molar-refractivity contribution in [3.05, 3.63) is 68.2 Å². The van der Waals surface area contributed by atoms with Gasteiger partial charge in [0.15, 0.2) is 0 Å². The van der Waals surface area contributed by atoms with Crippen LogP contribution in [0.3, 0.4) is 0 Å². The maximum Gasteiger partial charge on any atom is 0.293 e. The number of nitrogens with one attached hydrogen (secondary N) is 2. The average Bonchev–Trinajstić information content (AvgIpc) is 2.55. The molecule has 2 aromatic rings. The highest BCUT2D eigenvalue weighted by atomic mass is 35.5. The molecule has 0 radical (unpaired) electrons. The molecular formula is C16H15Cl2N3O3. The van der Waals surface area contributed by atoms with Gasteiger partial charge in [-0.05, 0) is 30.7 Å². The van der Waals surface area contributed by atoms with Crippen LogP contribution in [-0.2, 0) is 0 Å². The minimum Gasteiger partial charge on any atom is -0.378 e. The van der Waals surface area contributed by atoms with Crippen molar-refractivity contribution in [1.82, 2.24) is 5.32 Å². The van der Waals surface area contributed by atoms with Crippen LogP contribution in [0.15, 0.2) is 42.5 Å². The lowest BCUT2D eigenvalue weighted by molar-refractivity contribution is -0.383. The molecule has 1 amide bonds. The Bertz CT molecular complexity index is 753. The lowest BCUT2D eigenvalue weighted by Crippen LogP contribution is -2.25. The number of nitro groups is 1. The fourth-order valence-electron chi connectivity index (χ4n) is 2.08. The number of benzene rings is 2. The molecule has 0 aliphatic heterocycles. The number of amides is 1. The third-order valence-electron chi connectivity index (χ3n) is 3.22. The summed E-state index contributed by atoms with van der Waals surface area (Å²) in [4.78, 5) is 22.4. The molecular weight excluding hydrogens is 353 g/mol. The molecule has 2 N–H and O–H groups in total. The van der Waals surface area contributed by atoms with Crippen LogP contribution in [0.1, 0.15) is 16.8 Å². The number of carbonyl (C=O) groups is 1. The predicted molar refractivity (Wildman–Crippen MR) is 95.0 cm³/mol. The molecule has 0 aliphatic rings. The molecule has 0 bridgehead atoms. The van der Waals surface area contributed by atoms with Crippen LogP contribution in [0.4, 0.5) is 11.4 Å². The summed E-state index contributed by atoms with van der Waals surface area (Å²) in [5, 5.41) is 17.5. The summed E-state index contributed by atoms with van der Waals surface area (Å²) in [5.41, 5.74) is 0.688. The molecule has 2 rings (SSSR count). The summed E-state index contributed by atoms with van der Waals surface area (Å²) in [7, 11) is 0. The van der Waals surface area contributed by atoms with Gasteiger partial charge in [-0.1, -0.05) is 35.3 Å². The number of anilines is 1. The van der Waals surface area contributed by atoms with Gasteiger partial charge < -0.3 is 10.6 Å². The minimum atomic E-state index is -0.491. The Morgan fingerprint density at radius 3 is 2.58 bits per heavy atom. The number of nitrogens with zero attached hydrogens (tertiary/aromatic N) is 1. The fourth-order valence-corrected chi connectivity index (χ4v) is 2.50. The molecule has 126 valence electrons. The number of nitro benzene ring substituents is 1. The second-order valence-electron chi connectivity index (χ2n) is 4.94. The Balaban J connectivity index is 1.82. The Morgan fingerprint density at radius 2 is 1.88 bits per heavy atom. The summed E-state index contributed by atoms with van der Waals surface area (Å²) in [6.45, 7) is 0.844. The van der Waals surface area contributed by atoms with Crippen LogP contribution in [0.5, 0.6) is 0 Å². The third-order valence-corrected chi connectivity index (χ3v) is 3.77. The van der Waals surface area contributed by atoms with E-state index >= 15 is 0 Å². The maximum absolute atomic E-state index is 11.9. The molecule has 6 nitrogen and oxygen atoms in total. The van der Waals surface area contributed by atoms with Crippen molar-refractivity contribution in [3.8, 4) is 0 Å². The van der Waals surface area contributed by atoms with Gasteiger partial charge in [-0.3, -0.25) is 14.9 Å². The number of para-hydroxylation sites is 1. The van der Waals surface area contributed by atoms with E-state index in [9.17, 15) is 14.9 Å². The Hall–Kier alpha value is -2.31. The maximum atomic E-state index is 11.9. The summed E-state index contributed by atoms with van der Waals surface area (Å²) >= 11 is 11.8. The zero-order valence-corrected chi connectivity index (χ0v) is 14.1. The second-order valence-corrected chi connectivity index (χ2v) is 5.78. The standard InChI is InChI=1S/C16H15Cl2N3O3/c17-12-5-1-4-11(10-12)16(22)20-9-3-8-19-15-13(18)6-2-7-14(15)21(23)24/h1-2,4-7,10,19H,3,8-9H2,(H,20,22). The molecule has 0 fully saturated rings. The molecule has 0 unspecified atom stereocenters. The molecule has 8 heteroatoms. The van der Waals surface area contributed by atoms with Crippen molar-refractivity contribution in [2.24, 2.45) is 0 Å². The molecule has 0 saturated heterocycles. The van der Waals surface area contributed by atoms with Gasteiger partial charge in [0.1, 0.15) is 5.69 Å². The smallest absolute Gasteiger partial charge is 0.293 e. The van der Waals surface area contributed by atoms with E-state index in [0.29, 0.717) is 30.1 Å². The van der Waals surface area contributed by atoms with Crippen molar-refractivity contribution in [2.75, 3.05) is 18.4 Å². The molecule has 0 atom stereocenters. The van der Waals surface area contributed by atoms with Crippen LogP contribution in [0.2, 0.25) is 10.0 Å². The number of rotatable bonds is 7. The van der Waals surface area contributed by atoms with Gasteiger partial charge >= 0.3 is 0 Å². The lowest BCUT2D eigenvalue weighted by Gasteiger charge is -2.09. The van der Waals surface area contributed by atoms with Crippen molar-refractivity contribution in [2.45, 2.75) is 6.42 Å². The molecule has 0 heterocycles. The lowest BCUT2D eigenvalue weighted by atomic mass is 10.2. The van der Waals surface area contributed by atoms with E-state index < -0.39 is 4.92 Å². The van der Waals surface area contributed by atoms with Crippen molar-refractivity contribution < 1.29 is 9.72 Å². The Kier molecular flexibility index (Phi) is 6.40. The van der Waals surface area contributed by atoms with Gasteiger partial charge in [0.2, 0.25) is 0 Å². The van der Waals surface area contributed by atoms with E-state index in [1.807, 2.05) is 0 Å². The molecule has 0 saturated carbocycles. The first-order chi connectivity index (χ1) is 11.5. The van der Waals surface area contributed by atoms with Crippen molar-refractivity contribution in [1.29, 1.82) is 0 Å². The van der Waals surface area contributed by atoms with E-state index in [0.717, 1.165) is 0 Å². The van der Waals surface area contributed by atoms with E-state index in [-0.39, 0.29) is 22.3 Å². The van der Waals surface area contributed by atoms with Gasteiger partial charge in [0.25, 0.3) is 11.6 Å². The van der Waals surface area contributed by atoms with Gasteiger partial charge in [-0.2, -0.15) is 0 Å². The van der Waals surface area contributed by atoms with Crippen molar-refractivity contribution in [3.63, 3.8) is 0 Å². The zero-order valence-electron chi connectivity index (χ0n) is 12.6. The zero-order chi connectivity index (χ0) is 17.5. The van der Waals surface area contributed by atoms with Gasteiger partial charge in [-0.15, -0.1) is 0 Å². The average molecular weight is 368 g/mol. The number of hydrogen-bond acceptors (Lipinski definition) is 4. The van der Waals surface area contributed by atoms with Crippen LogP contribution in [0.25, 0.3) is 0 Å².